The van der Waals surface area contributed by atoms with Crippen LogP contribution in [0.3, 0.4) is 0 Å². The first kappa shape index (κ1) is 22.2. The van der Waals surface area contributed by atoms with Crippen LogP contribution >= 0.6 is 0 Å². The minimum absolute atomic E-state index is 0.0551. The van der Waals surface area contributed by atoms with Crippen LogP contribution in [0, 0.1) is 0 Å². The second kappa shape index (κ2) is 9.35. The number of nitrogens with zero attached hydrogens (tertiary/aromatic N) is 5. The standard InChI is InChI=1S/C23H29N7O4/c1-32-18-7-15(8-19(33-2)21(18)34-3)29-11-20(25-13-29)27-22-16-9-24-10-17(16)26-23(28-22)30-6-4-5-14(30)12-31/h7-8,11,13-14,24,31H,4-6,9-10,12H2,1-3H3,(H,26,27,28)/t14-/m0/s1. The topological polar surface area (TPSA) is 119 Å². The molecule has 0 saturated carbocycles. The van der Waals surface area contributed by atoms with Gasteiger partial charge in [-0.25, -0.2) is 9.97 Å². The molecule has 3 N–H and O–H groups in total. The van der Waals surface area contributed by atoms with Crippen molar-refractivity contribution in [1.82, 2.24) is 24.8 Å². The van der Waals surface area contributed by atoms with Gasteiger partial charge in [-0.3, -0.25) is 0 Å². The van der Waals surface area contributed by atoms with Crippen LogP contribution in [0.5, 0.6) is 17.2 Å². The lowest BCUT2D eigenvalue weighted by Gasteiger charge is -2.24. The molecule has 180 valence electrons. The predicted molar refractivity (Wildman–Crippen MR) is 127 cm³/mol. The molecule has 2 aromatic heterocycles. The van der Waals surface area contributed by atoms with E-state index in [0.717, 1.165) is 42.1 Å². The van der Waals surface area contributed by atoms with Crippen LogP contribution in [0.1, 0.15) is 24.1 Å². The van der Waals surface area contributed by atoms with Crippen molar-refractivity contribution in [2.75, 3.05) is 44.7 Å². The van der Waals surface area contributed by atoms with E-state index in [1.807, 2.05) is 22.9 Å². The van der Waals surface area contributed by atoms with Crippen LogP contribution in [-0.2, 0) is 13.1 Å². The Balaban J connectivity index is 1.45. The fraction of sp³-hybridized carbons (Fsp3) is 0.435. The zero-order valence-electron chi connectivity index (χ0n) is 19.5. The van der Waals surface area contributed by atoms with E-state index in [1.165, 1.54) is 0 Å². The molecule has 0 bridgehead atoms. The number of aliphatic hydroxyl groups is 1. The van der Waals surface area contributed by atoms with E-state index in [9.17, 15) is 5.11 Å². The lowest BCUT2D eigenvalue weighted by Crippen LogP contribution is -2.33. The summed E-state index contributed by atoms with van der Waals surface area (Å²) in [6.07, 6.45) is 5.55. The average molecular weight is 468 g/mol. The summed E-state index contributed by atoms with van der Waals surface area (Å²) in [5.74, 6) is 3.68. The summed E-state index contributed by atoms with van der Waals surface area (Å²) in [5, 5.41) is 16.5. The van der Waals surface area contributed by atoms with E-state index in [-0.39, 0.29) is 12.6 Å². The van der Waals surface area contributed by atoms with Gasteiger partial charge in [-0.1, -0.05) is 0 Å². The van der Waals surface area contributed by atoms with Gasteiger partial charge in [0.05, 0.1) is 51.6 Å². The SMILES string of the molecule is COc1cc(-n2cnc(Nc3nc(N4CCC[C@H]4CO)nc4c3CNC4)c2)cc(OC)c1OC. The van der Waals surface area contributed by atoms with Gasteiger partial charge in [-0.05, 0) is 12.8 Å². The second-order valence-electron chi connectivity index (χ2n) is 8.25. The minimum Gasteiger partial charge on any atom is -0.493 e. The second-order valence-corrected chi connectivity index (χ2v) is 8.25. The van der Waals surface area contributed by atoms with Crippen LogP contribution in [0.4, 0.5) is 17.6 Å². The van der Waals surface area contributed by atoms with Gasteiger partial charge in [0.15, 0.2) is 11.5 Å². The predicted octanol–water partition coefficient (Wildman–Crippen LogP) is 2.00. The molecule has 1 fully saturated rings. The Morgan fingerprint density at radius 2 is 1.91 bits per heavy atom. The molecule has 0 spiro atoms. The molecule has 0 amide bonds. The molecule has 3 aromatic rings. The van der Waals surface area contributed by atoms with Gasteiger partial charge in [-0.15, -0.1) is 0 Å². The van der Waals surface area contributed by atoms with Crippen LogP contribution < -0.4 is 29.7 Å². The van der Waals surface area contributed by atoms with E-state index in [4.69, 9.17) is 24.2 Å². The molecule has 1 saturated heterocycles. The van der Waals surface area contributed by atoms with Crippen molar-refractivity contribution in [2.24, 2.45) is 0 Å². The normalized spacial score (nSPS) is 17.1. The first-order valence-electron chi connectivity index (χ1n) is 11.2. The summed E-state index contributed by atoms with van der Waals surface area (Å²) in [5.41, 5.74) is 2.82. The fourth-order valence-electron chi connectivity index (χ4n) is 4.54. The summed E-state index contributed by atoms with van der Waals surface area (Å²) in [7, 11) is 4.75. The Kier molecular flexibility index (Phi) is 6.12. The molecular weight excluding hydrogens is 438 g/mol. The summed E-state index contributed by atoms with van der Waals surface area (Å²) in [6, 6.07) is 3.78. The monoisotopic (exact) mass is 467 g/mol. The zero-order valence-corrected chi connectivity index (χ0v) is 19.5. The molecular formula is C23H29N7O4. The third kappa shape index (κ3) is 3.97. The van der Waals surface area contributed by atoms with Crippen molar-refractivity contribution in [1.29, 1.82) is 0 Å². The fourth-order valence-corrected chi connectivity index (χ4v) is 4.54. The number of hydrogen-bond acceptors (Lipinski definition) is 10. The minimum atomic E-state index is 0.0551. The molecule has 11 heteroatoms. The van der Waals surface area contributed by atoms with E-state index in [2.05, 4.69) is 20.5 Å². The van der Waals surface area contributed by atoms with E-state index >= 15 is 0 Å². The first-order chi connectivity index (χ1) is 16.6. The van der Waals surface area contributed by atoms with Crippen molar-refractivity contribution in [2.45, 2.75) is 32.0 Å². The Morgan fingerprint density at radius 1 is 1.12 bits per heavy atom. The largest absolute Gasteiger partial charge is 0.493 e. The van der Waals surface area contributed by atoms with Crippen LogP contribution in [0.25, 0.3) is 5.69 Å². The number of imidazole rings is 1. The summed E-state index contributed by atoms with van der Waals surface area (Å²) >= 11 is 0. The highest BCUT2D eigenvalue weighted by atomic mass is 16.5. The summed E-state index contributed by atoms with van der Waals surface area (Å²) in [6.45, 7) is 2.32. The maximum absolute atomic E-state index is 9.75. The molecule has 1 aromatic carbocycles. The number of aromatic nitrogens is 4. The Labute approximate surface area is 197 Å². The Hall–Kier alpha value is -3.57. The molecule has 34 heavy (non-hydrogen) atoms. The molecule has 0 radical (unpaired) electrons. The van der Waals surface area contributed by atoms with Crippen LogP contribution in [0.15, 0.2) is 24.7 Å². The molecule has 0 unspecified atom stereocenters. The number of methoxy groups -OCH3 is 3. The number of fused-ring (bicyclic) bond motifs is 1. The van der Waals surface area contributed by atoms with Gasteiger partial charge in [0.25, 0.3) is 0 Å². The van der Waals surface area contributed by atoms with Gasteiger partial charge in [-0.2, -0.15) is 4.98 Å². The third-order valence-corrected chi connectivity index (χ3v) is 6.30. The zero-order chi connectivity index (χ0) is 23.7. The van der Waals surface area contributed by atoms with Crippen molar-refractivity contribution in [3.8, 4) is 22.9 Å². The first-order valence-corrected chi connectivity index (χ1v) is 11.2. The van der Waals surface area contributed by atoms with Gasteiger partial charge < -0.3 is 39.4 Å². The summed E-state index contributed by atoms with van der Waals surface area (Å²) < 4.78 is 18.2. The number of ether oxygens (including phenoxy) is 3. The average Bonchev–Trinajstić information content (AvgIpc) is 3.63. The lowest BCUT2D eigenvalue weighted by molar-refractivity contribution is 0.265. The Bertz CT molecular complexity index is 1160. The highest BCUT2D eigenvalue weighted by Crippen LogP contribution is 2.39. The number of benzene rings is 1. The Morgan fingerprint density at radius 3 is 2.62 bits per heavy atom. The molecule has 5 rings (SSSR count). The molecule has 2 aliphatic rings. The van der Waals surface area contributed by atoms with E-state index in [1.54, 1.807) is 27.7 Å². The van der Waals surface area contributed by atoms with E-state index in [0.29, 0.717) is 42.1 Å². The summed E-state index contributed by atoms with van der Waals surface area (Å²) in [4.78, 5) is 16.2. The number of aliphatic hydroxyl groups excluding tert-OH is 1. The molecule has 11 nitrogen and oxygen atoms in total. The highest BCUT2D eigenvalue weighted by molar-refractivity contribution is 5.62. The molecule has 4 heterocycles. The lowest BCUT2D eigenvalue weighted by atomic mass is 10.2. The number of nitrogens with one attached hydrogen (secondary N) is 2. The number of rotatable bonds is 8. The van der Waals surface area contributed by atoms with Crippen molar-refractivity contribution < 1.29 is 19.3 Å². The van der Waals surface area contributed by atoms with Gasteiger partial charge in [0.1, 0.15) is 18.0 Å². The van der Waals surface area contributed by atoms with Gasteiger partial charge in [0.2, 0.25) is 11.7 Å². The van der Waals surface area contributed by atoms with E-state index < -0.39 is 0 Å². The maximum atomic E-state index is 9.75. The van der Waals surface area contributed by atoms with Crippen molar-refractivity contribution in [3.63, 3.8) is 0 Å². The number of anilines is 3. The highest BCUT2D eigenvalue weighted by Gasteiger charge is 2.29. The van der Waals surface area contributed by atoms with Crippen molar-refractivity contribution in [3.05, 3.63) is 35.9 Å². The molecule has 1 atom stereocenters. The van der Waals surface area contributed by atoms with Gasteiger partial charge in [0, 0.05) is 37.3 Å². The molecule has 2 aliphatic heterocycles. The maximum Gasteiger partial charge on any atom is 0.227 e. The molecule has 0 aliphatic carbocycles. The van der Waals surface area contributed by atoms with Crippen LogP contribution in [0.2, 0.25) is 0 Å². The quantitative estimate of drug-likeness (QED) is 0.454. The van der Waals surface area contributed by atoms with Crippen LogP contribution in [-0.4, -0.2) is 65.1 Å². The van der Waals surface area contributed by atoms with Gasteiger partial charge >= 0.3 is 0 Å². The smallest absolute Gasteiger partial charge is 0.227 e. The number of hydrogen-bond donors (Lipinski definition) is 3. The third-order valence-electron chi connectivity index (χ3n) is 6.30. The van der Waals surface area contributed by atoms with Crippen molar-refractivity contribution >= 4 is 17.6 Å².